The second-order valence-electron chi connectivity index (χ2n) is 30.6. The molecule has 0 aromatic heterocycles. The number of phosphoric ester groups is 2. The minimum Gasteiger partial charge on any atom is -0.462 e. The highest BCUT2D eigenvalue weighted by molar-refractivity contribution is 7.47. The van der Waals surface area contributed by atoms with Crippen LogP contribution in [0.5, 0.6) is 0 Å². The minimum atomic E-state index is -4.96. The summed E-state index contributed by atoms with van der Waals surface area (Å²) in [6, 6.07) is 0. The number of aliphatic hydroxyl groups is 1. The van der Waals surface area contributed by atoms with Crippen LogP contribution in [0.1, 0.15) is 415 Å². The van der Waals surface area contributed by atoms with Gasteiger partial charge in [-0.25, -0.2) is 9.13 Å². The Labute approximate surface area is 613 Å². The molecule has 0 aliphatic carbocycles. The van der Waals surface area contributed by atoms with Crippen LogP contribution in [0.4, 0.5) is 0 Å². The molecule has 19 heteroatoms. The smallest absolute Gasteiger partial charge is 0.462 e. The fourth-order valence-electron chi connectivity index (χ4n) is 12.4. The number of aliphatic hydroxyl groups excluding tert-OH is 1. The zero-order chi connectivity index (χ0) is 73.8. The van der Waals surface area contributed by atoms with Crippen molar-refractivity contribution in [3.05, 3.63) is 0 Å². The topological polar surface area (TPSA) is 237 Å². The summed E-state index contributed by atoms with van der Waals surface area (Å²) < 4.78 is 68.6. The van der Waals surface area contributed by atoms with Gasteiger partial charge in [0.15, 0.2) is 12.2 Å². The van der Waals surface area contributed by atoms with Crippen LogP contribution in [-0.2, 0) is 65.4 Å². The first-order chi connectivity index (χ1) is 48.2. The van der Waals surface area contributed by atoms with E-state index in [2.05, 4.69) is 55.4 Å². The van der Waals surface area contributed by atoms with E-state index in [1.807, 2.05) is 0 Å². The first kappa shape index (κ1) is 98.1. The predicted molar refractivity (Wildman–Crippen MR) is 409 cm³/mol. The van der Waals surface area contributed by atoms with E-state index >= 15 is 0 Å². The molecule has 0 saturated carbocycles. The molecule has 0 aliphatic heterocycles. The summed E-state index contributed by atoms with van der Waals surface area (Å²) in [6.07, 6.45) is 57.3. The Morgan fingerprint density at radius 1 is 0.280 bits per heavy atom. The summed E-state index contributed by atoms with van der Waals surface area (Å²) in [5.74, 6) is 0.962. The number of ether oxygens (including phenoxy) is 4. The maximum Gasteiger partial charge on any atom is 0.472 e. The van der Waals surface area contributed by atoms with E-state index in [9.17, 15) is 43.2 Å². The van der Waals surface area contributed by atoms with E-state index in [1.165, 1.54) is 212 Å². The average Bonchev–Trinajstić information content (AvgIpc) is 0.957. The van der Waals surface area contributed by atoms with Crippen LogP contribution in [0.3, 0.4) is 0 Å². The normalized spacial score (nSPS) is 14.6. The van der Waals surface area contributed by atoms with E-state index < -0.39 is 97.5 Å². The van der Waals surface area contributed by atoms with E-state index in [4.69, 9.17) is 37.0 Å². The molecule has 0 aromatic carbocycles. The van der Waals surface area contributed by atoms with Gasteiger partial charge in [0.05, 0.1) is 26.4 Å². The molecule has 0 spiro atoms. The SMILES string of the molecule is CCC(C)CCCCCCCCCCCCCCCCCCCCC(=O)OC[C@H](COP(=O)(O)OC[C@@H](O)COP(=O)(O)OC[C@@H](COC(=O)CCCCCCCCC(C)CC)OC(=O)CCCCCCCCC(C)C)OC(=O)CCCCCCCCCCCCCCCCCCC(C)C. The number of carbonyl (C=O) groups is 4. The molecule has 4 unspecified atom stereocenters. The Kier molecular flexibility index (Phi) is 68.7. The molecule has 0 aromatic rings. The van der Waals surface area contributed by atoms with Crippen LogP contribution in [0.15, 0.2) is 0 Å². The number of carbonyl (C=O) groups excluding carboxylic acids is 4. The lowest BCUT2D eigenvalue weighted by atomic mass is 9.99. The van der Waals surface area contributed by atoms with Crippen LogP contribution in [0.2, 0.25) is 0 Å². The Hall–Kier alpha value is -1.94. The van der Waals surface area contributed by atoms with E-state index in [1.54, 1.807) is 0 Å². The lowest BCUT2D eigenvalue weighted by Crippen LogP contribution is -2.30. The molecule has 17 nitrogen and oxygen atoms in total. The van der Waals surface area contributed by atoms with Gasteiger partial charge in [0.25, 0.3) is 0 Å². The standard InChI is InChI=1S/C81H158O17P2/c1-9-73(7)59-51-43-34-30-26-22-18-13-11-12-14-19-23-27-31-35-45-53-61-78(83)91-67-76(97-80(85)63-55-47-36-32-28-24-20-16-15-17-21-25-29-33-41-49-57-71(3)4)69-95-99(87,88)93-65-75(82)66-94-100(89,90)96-70-77(98-81(86)64-56-48-39-37-42-50-58-72(5)6)68-92-79(84)62-54-46-40-38-44-52-60-74(8)10-2/h71-77,82H,9-70H2,1-8H3,(H,87,88)(H,89,90)/t73?,74?,75-,76-,77-/m1/s1. The predicted octanol–water partition coefficient (Wildman–Crippen LogP) is 24.0. The van der Waals surface area contributed by atoms with Crippen molar-refractivity contribution in [3.8, 4) is 0 Å². The van der Waals surface area contributed by atoms with Gasteiger partial charge in [-0.05, 0) is 49.4 Å². The molecule has 0 saturated heterocycles. The summed E-state index contributed by atoms with van der Waals surface area (Å²) in [6.45, 7) is 14.2. The third kappa shape index (κ3) is 71.7. The molecular weight excluding hydrogens is 1310 g/mol. The van der Waals surface area contributed by atoms with Crippen LogP contribution >= 0.6 is 15.6 Å². The summed E-state index contributed by atoms with van der Waals surface area (Å²) in [7, 11) is -9.92. The number of unbranched alkanes of at least 4 members (excludes halogenated alkanes) is 42. The molecule has 0 bridgehead atoms. The molecule has 594 valence electrons. The summed E-state index contributed by atoms with van der Waals surface area (Å²) >= 11 is 0. The van der Waals surface area contributed by atoms with Gasteiger partial charge in [0, 0.05) is 25.7 Å². The fourth-order valence-corrected chi connectivity index (χ4v) is 13.9. The Morgan fingerprint density at radius 2 is 0.480 bits per heavy atom. The molecule has 0 radical (unpaired) electrons. The van der Waals surface area contributed by atoms with Gasteiger partial charge in [0.2, 0.25) is 0 Å². The highest BCUT2D eigenvalue weighted by Gasteiger charge is 2.30. The van der Waals surface area contributed by atoms with Crippen molar-refractivity contribution in [2.24, 2.45) is 23.7 Å². The number of hydrogen-bond donors (Lipinski definition) is 3. The number of phosphoric acid groups is 2. The lowest BCUT2D eigenvalue weighted by Gasteiger charge is -2.21. The third-order valence-electron chi connectivity index (χ3n) is 19.5. The molecular formula is C81H158O17P2. The zero-order valence-electron chi connectivity index (χ0n) is 65.8. The van der Waals surface area contributed by atoms with Gasteiger partial charge in [-0.3, -0.25) is 37.3 Å². The second-order valence-corrected chi connectivity index (χ2v) is 33.5. The van der Waals surface area contributed by atoms with Gasteiger partial charge in [-0.2, -0.15) is 0 Å². The van der Waals surface area contributed by atoms with Crippen molar-refractivity contribution in [1.82, 2.24) is 0 Å². The maximum absolute atomic E-state index is 13.1. The van der Waals surface area contributed by atoms with Crippen molar-refractivity contribution in [1.29, 1.82) is 0 Å². The number of hydrogen-bond acceptors (Lipinski definition) is 15. The summed E-state index contributed by atoms with van der Waals surface area (Å²) in [5, 5.41) is 10.6. The quantitative estimate of drug-likeness (QED) is 0.0222. The highest BCUT2D eigenvalue weighted by atomic mass is 31.2. The van der Waals surface area contributed by atoms with Crippen LogP contribution in [-0.4, -0.2) is 96.7 Å². The lowest BCUT2D eigenvalue weighted by molar-refractivity contribution is -0.161. The third-order valence-corrected chi connectivity index (χ3v) is 21.4. The molecule has 0 fully saturated rings. The number of esters is 4. The molecule has 0 rings (SSSR count). The van der Waals surface area contributed by atoms with Crippen molar-refractivity contribution >= 4 is 39.5 Å². The van der Waals surface area contributed by atoms with E-state index in [-0.39, 0.29) is 25.7 Å². The fraction of sp³-hybridized carbons (Fsp3) is 0.951. The summed E-state index contributed by atoms with van der Waals surface area (Å²) in [4.78, 5) is 72.9. The first-order valence-electron chi connectivity index (χ1n) is 41.8. The van der Waals surface area contributed by atoms with Crippen LogP contribution in [0.25, 0.3) is 0 Å². The number of rotatable bonds is 78. The van der Waals surface area contributed by atoms with Gasteiger partial charge in [-0.1, -0.05) is 364 Å². The minimum absolute atomic E-state index is 0.101. The molecule has 100 heavy (non-hydrogen) atoms. The van der Waals surface area contributed by atoms with Gasteiger partial charge in [-0.15, -0.1) is 0 Å². The first-order valence-corrected chi connectivity index (χ1v) is 44.8. The Bertz CT molecular complexity index is 1960. The summed E-state index contributed by atoms with van der Waals surface area (Å²) in [5.41, 5.74) is 0. The molecule has 3 N–H and O–H groups in total. The van der Waals surface area contributed by atoms with Crippen LogP contribution in [0, 0.1) is 23.7 Å². The monoisotopic (exact) mass is 1470 g/mol. The highest BCUT2D eigenvalue weighted by Crippen LogP contribution is 2.45. The maximum atomic E-state index is 13.1. The van der Waals surface area contributed by atoms with E-state index in [0.717, 1.165) is 114 Å². The van der Waals surface area contributed by atoms with Gasteiger partial charge < -0.3 is 33.8 Å². The van der Waals surface area contributed by atoms with E-state index in [0.29, 0.717) is 31.6 Å². The molecule has 0 aliphatic rings. The molecule has 0 heterocycles. The van der Waals surface area contributed by atoms with Gasteiger partial charge >= 0.3 is 39.5 Å². The zero-order valence-corrected chi connectivity index (χ0v) is 67.6. The average molecular weight is 1470 g/mol. The molecule has 7 atom stereocenters. The second kappa shape index (κ2) is 70.1. The Morgan fingerprint density at radius 3 is 0.710 bits per heavy atom. The largest absolute Gasteiger partial charge is 0.472 e. The van der Waals surface area contributed by atoms with Crippen LogP contribution < -0.4 is 0 Å². The van der Waals surface area contributed by atoms with Crippen molar-refractivity contribution in [2.75, 3.05) is 39.6 Å². The van der Waals surface area contributed by atoms with Crippen molar-refractivity contribution in [3.63, 3.8) is 0 Å². The van der Waals surface area contributed by atoms with Crippen molar-refractivity contribution < 1.29 is 80.2 Å². The van der Waals surface area contributed by atoms with Gasteiger partial charge in [0.1, 0.15) is 19.3 Å². The Balaban J connectivity index is 5.17. The molecule has 0 amide bonds. The van der Waals surface area contributed by atoms with Crippen molar-refractivity contribution in [2.45, 2.75) is 433 Å².